The number of aromatic nitrogens is 2. The van der Waals surface area contributed by atoms with Gasteiger partial charge in [-0.1, -0.05) is 0 Å². The van der Waals surface area contributed by atoms with Crippen molar-refractivity contribution in [3.05, 3.63) is 35.0 Å². The third-order valence-electron chi connectivity index (χ3n) is 6.34. The Hall–Kier alpha value is -4.02. The van der Waals surface area contributed by atoms with Crippen molar-refractivity contribution in [3.63, 3.8) is 0 Å². The molecule has 0 atom stereocenters. The number of carboxylic acids is 2. The predicted octanol–water partition coefficient (Wildman–Crippen LogP) is 4.96. The maximum atomic E-state index is 10.6. The highest BCUT2D eigenvalue weighted by Crippen LogP contribution is 2.26. The molecule has 0 bridgehead atoms. The molecule has 1 saturated carbocycles. The molecule has 1 fully saturated rings. The van der Waals surface area contributed by atoms with Crippen molar-refractivity contribution in [3.8, 4) is 11.5 Å². The number of methoxy groups -OCH3 is 2. The molecule has 0 radical (unpaired) electrons. The Kier molecular flexibility index (Phi) is 14.4. The van der Waals surface area contributed by atoms with E-state index in [0.29, 0.717) is 12.1 Å². The number of aryl methyl sites for hydroxylation is 1. The number of anilines is 2. The fraction of sp³-hybridized carbons (Fsp3) is 0.556. The van der Waals surface area contributed by atoms with E-state index in [1.165, 1.54) is 5.56 Å². The first kappa shape index (κ1) is 38.0. The molecular weight excluding hydrogens is 604 g/mol. The van der Waals surface area contributed by atoms with Crippen LogP contribution in [0.2, 0.25) is 0 Å². The van der Waals surface area contributed by atoms with Crippen molar-refractivity contribution in [1.82, 2.24) is 15.3 Å². The molecule has 0 saturated heterocycles. The normalized spacial score (nSPS) is 16.4. The van der Waals surface area contributed by atoms with Gasteiger partial charge >= 0.3 is 24.3 Å². The summed E-state index contributed by atoms with van der Waals surface area (Å²) in [6.45, 7) is 4.93. The maximum absolute atomic E-state index is 10.6. The van der Waals surface area contributed by atoms with Crippen LogP contribution < -0.4 is 25.0 Å². The fourth-order valence-electron chi connectivity index (χ4n) is 3.97. The number of carbonyl (C=O) groups is 2. The molecule has 11 nitrogen and oxygen atoms in total. The average molecular weight is 642 g/mol. The maximum Gasteiger partial charge on any atom is 0.490 e. The van der Waals surface area contributed by atoms with E-state index in [1.54, 1.807) is 14.2 Å². The first-order valence-corrected chi connectivity index (χ1v) is 13.1. The van der Waals surface area contributed by atoms with Gasteiger partial charge in [-0.25, -0.2) is 14.6 Å². The van der Waals surface area contributed by atoms with Crippen LogP contribution in [0.1, 0.15) is 42.5 Å². The van der Waals surface area contributed by atoms with Crippen molar-refractivity contribution in [2.75, 3.05) is 38.5 Å². The topological polar surface area (TPSA) is 146 Å². The molecule has 1 aliphatic rings. The summed E-state index contributed by atoms with van der Waals surface area (Å²) in [5.41, 5.74) is 3.33. The van der Waals surface area contributed by atoms with E-state index in [4.69, 9.17) is 34.3 Å². The molecule has 3 rings (SSSR count). The summed E-state index contributed by atoms with van der Waals surface area (Å²) in [5.74, 6) is -2.15. The van der Waals surface area contributed by atoms with E-state index in [0.717, 1.165) is 66.8 Å². The summed E-state index contributed by atoms with van der Waals surface area (Å²) in [6, 6.07) is 6.94. The summed E-state index contributed by atoms with van der Waals surface area (Å²) in [5, 5.41) is 21.5. The lowest BCUT2D eigenvalue weighted by atomic mass is 9.91. The number of halogens is 6. The third-order valence-corrected chi connectivity index (χ3v) is 6.34. The molecule has 1 aliphatic carbocycles. The van der Waals surface area contributed by atoms with E-state index >= 15 is 0 Å². The second kappa shape index (κ2) is 16.7. The number of carboxylic acid groups (broad SMARTS) is 2. The zero-order valence-electron chi connectivity index (χ0n) is 25.1. The molecule has 2 aromatic rings. The van der Waals surface area contributed by atoms with Gasteiger partial charge in [-0.05, 0) is 57.2 Å². The van der Waals surface area contributed by atoms with Gasteiger partial charge in [0.1, 0.15) is 17.3 Å². The second-order valence-electron chi connectivity index (χ2n) is 9.88. The van der Waals surface area contributed by atoms with Gasteiger partial charge in [-0.3, -0.25) is 0 Å². The molecule has 0 amide bonds. The van der Waals surface area contributed by atoms with E-state index in [2.05, 4.69) is 34.7 Å². The van der Waals surface area contributed by atoms with E-state index < -0.39 is 24.3 Å². The van der Waals surface area contributed by atoms with Crippen molar-refractivity contribution >= 4 is 23.7 Å². The van der Waals surface area contributed by atoms with Gasteiger partial charge in [0.25, 0.3) is 0 Å². The number of nitrogens with zero attached hydrogens (tertiary/aromatic N) is 3. The van der Waals surface area contributed by atoms with Crippen LogP contribution in [0.5, 0.6) is 11.5 Å². The van der Waals surface area contributed by atoms with Gasteiger partial charge in [0.05, 0.1) is 14.2 Å². The number of aliphatic carboxylic acids is 2. The minimum absolute atomic E-state index is 0.414. The van der Waals surface area contributed by atoms with Crippen LogP contribution in [0.25, 0.3) is 0 Å². The van der Waals surface area contributed by atoms with E-state index in [9.17, 15) is 26.3 Å². The number of benzene rings is 1. The fourth-order valence-corrected chi connectivity index (χ4v) is 3.97. The molecule has 0 unspecified atom stereocenters. The SMILES string of the molecule is COc1cc(CNC2CCC(Nc3nc(C)c(C)c(N(C)C)n3)CC2)cc(OC)c1.O=C(O)C(F)(F)F.O=C(O)C(F)(F)F. The largest absolute Gasteiger partial charge is 0.497 e. The summed E-state index contributed by atoms with van der Waals surface area (Å²) in [6.07, 6.45) is -5.70. The molecule has 248 valence electrons. The van der Waals surface area contributed by atoms with E-state index in [-0.39, 0.29) is 0 Å². The Morgan fingerprint density at radius 1 is 0.864 bits per heavy atom. The first-order chi connectivity index (χ1) is 20.3. The molecule has 4 N–H and O–H groups in total. The lowest BCUT2D eigenvalue weighted by Gasteiger charge is -2.30. The van der Waals surface area contributed by atoms with Gasteiger partial charge in [0.15, 0.2) is 0 Å². The minimum atomic E-state index is -5.08. The number of hydrogen-bond acceptors (Lipinski definition) is 9. The van der Waals surface area contributed by atoms with Crippen molar-refractivity contribution in [2.45, 2.75) is 70.5 Å². The zero-order valence-corrected chi connectivity index (χ0v) is 25.1. The number of nitrogens with one attached hydrogen (secondary N) is 2. The van der Waals surface area contributed by atoms with Crippen LogP contribution in [-0.4, -0.2) is 84.9 Å². The van der Waals surface area contributed by atoms with Crippen LogP contribution in [0, 0.1) is 13.8 Å². The Bertz CT molecular complexity index is 1190. The van der Waals surface area contributed by atoms with E-state index in [1.807, 2.05) is 32.0 Å². The molecule has 44 heavy (non-hydrogen) atoms. The quantitative estimate of drug-likeness (QED) is 0.290. The minimum Gasteiger partial charge on any atom is -0.497 e. The highest BCUT2D eigenvalue weighted by Gasteiger charge is 2.38. The van der Waals surface area contributed by atoms with Crippen molar-refractivity contribution < 1.29 is 55.6 Å². The lowest BCUT2D eigenvalue weighted by Crippen LogP contribution is -2.37. The summed E-state index contributed by atoms with van der Waals surface area (Å²) in [4.78, 5) is 29.2. The van der Waals surface area contributed by atoms with Crippen molar-refractivity contribution in [2.24, 2.45) is 0 Å². The standard InChI is InChI=1S/C23H35N5O2.2C2HF3O2/c1-15-16(2)25-23(27-22(15)28(3)4)26-19-9-7-18(8-10-19)24-14-17-11-20(29-5)13-21(12-17)30-6;2*3-2(4,5)1(6)7/h11-13,18-19,24H,7-10,14H2,1-6H3,(H,25,26,27);2*(H,6,7). The van der Waals surface area contributed by atoms with Crippen LogP contribution in [0.4, 0.5) is 38.1 Å². The van der Waals surface area contributed by atoms with Gasteiger partial charge in [0.2, 0.25) is 5.95 Å². The van der Waals surface area contributed by atoms with Gasteiger partial charge in [-0.15, -0.1) is 0 Å². The number of alkyl halides is 6. The van der Waals surface area contributed by atoms with Gasteiger partial charge < -0.3 is 35.2 Å². The highest BCUT2D eigenvalue weighted by atomic mass is 19.4. The highest BCUT2D eigenvalue weighted by molar-refractivity contribution is 5.73. The van der Waals surface area contributed by atoms with Crippen LogP contribution >= 0.6 is 0 Å². The second-order valence-corrected chi connectivity index (χ2v) is 9.88. The molecular formula is C27H37F6N5O6. The molecule has 1 aromatic carbocycles. The first-order valence-electron chi connectivity index (χ1n) is 13.1. The summed E-state index contributed by atoms with van der Waals surface area (Å²) < 4.78 is 74.2. The molecule has 1 heterocycles. The zero-order chi connectivity index (χ0) is 33.8. The Balaban J connectivity index is 0.000000574. The number of hydrogen-bond donors (Lipinski definition) is 4. The lowest BCUT2D eigenvalue weighted by molar-refractivity contribution is -0.193. The molecule has 1 aromatic heterocycles. The van der Waals surface area contributed by atoms with Gasteiger partial charge in [0, 0.05) is 50.0 Å². The number of rotatable bonds is 8. The van der Waals surface area contributed by atoms with Crippen LogP contribution in [0.3, 0.4) is 0 Å². The molecule has 0 spiro atoms. The van der Waals surface area contributed by atoms with Crippen molar-refractivity contribution in [1.29, 1.82) is 0 Å². The van der Waals surface area contributed by atoms with Crippen LogP contribution in [0.15, 0.2) is 18.2 Å². The molecule has 17 heteroatoms. The third kappa shape index (κ3) is 13.1. The number of ether oxygens (including phenoxy) is 2. The predicted molar refractivity (Wildman–Crippen MR) is 149 cm³/mol. The van der Waals surface area contributed by atoms with Crippen LogP contribution in [-0.2, 0) is 16.1 Å². The molecule has 0 aliphatic heterocycles. The smallest absolute Gasteiger partial charge is 0.490 e. The van der Waals surface area contributed by atoms with Gasteiger partial charge in [-0.2, -0.15) is 31.3 Å². The summed E-state index contributed by atoms with van der Waals surface area (Å²) in [7, 11) is 7.41. The Morgan fingerprint density at radius 2 is 1.30 bits per heavy atom. The summed E-state index contributed by atoms with van der Waals surface area (Å²) >= 11 is 0. The Morgan fingerprint density at radius 3 is 1.68 bits per heavy atom. The average Bonchev–Trinajstić information content (AvgIpc) is 2.93. The monoisotopic (exact) mass is 641 g/mol. The Labute approximate surface area is 250 Å².